The SMILES string of the molecule is O=C(O)CCCN1C(=O)C2C=C(Br)C=CC2=NC1=S. The monoisotopic (exact) mass is 342 g/mol. The smallest absolute Gasteiger partial charge is 0.303 e. The van der Waals surface area contributed by atoms with Gasteiger partial charge in [0.05, 0.1) is 5.71 Å². The van der Waals surface area contributed by atoms with E-state index in [1.165, 1.54) is 4.90 Å². The summed E-state index contributed by atoms with van der Waals surface area (Å²) in [5.41, 5.74) is 0.632. The Morgan fingerprint density at radius 3 is 2.95 bits per heavy atom. The van der Waals surface area contributed by atoms with Crippen LogP contribution in [0.1, 0.15) is 12.8 Å². The first-order valence-corrected chi connectivity index (χ1v) is 6.90. The van der Waals surface area contributed by atoms with Crippen molar-refractivity contribution >= 4 is 50.8 Å². The molecule has 0 aromatic heterocycles. The lowest BCUT2D eigenvalue weighted by molar-refractivity contribution is -0.137. The third kappa shape index (κ3) is 3.16. The van der Waals surface area contributed by atoms with Crippen molar-refractivity contribution in [2.24, 2.45) is 10.9 Å². The summed E-state index contributed by atoms with van der Waals surface area (Å²) in [4.78, 5) is 28.4. The number of carbonyl (C=O) groups is 2. The fourth-order valence-corrected chi connectivity index (χ4v) is 2.58. The number of aliphatic imine (C=N–C) groups is 1. The highest BCUT2D eigenvalue weighted by Crippen LogP contribution is 2.25. The molecule has 0 radical (unpaired) electrons. The number of rotatable bonds is 4. The second kappa shape index (κ2) is 5.75. The van der Waals surface area contributed by atoms with Crippen LogP contribution in [0.4, 0.5) is 0 Å². The molecule has 0 saturated carbocycles. The molecular formula is C12H11BrN2O3S. The van der Waals surface area contributed by atoms with Crippen molar-refractivity contribution in [1.82, 2.24) is 4.90 Å². The van der Waals surface area contributed by atoms with E-state index >= 15 is 0 Å². The van der Waals surface area contributed by atoms with Gasteiger partial charge in [-0.3, -0.25) is 14.5 Å². The van der Waals surface area contributed by atoms with E-state index in [0.29, 0.717) is 12.1 Å². The largest absolute Gasteiger partial charge is 0.481 e. The van der Waals surface area contributed by atoms with Crippen molar-refractivity contribution in [1.29, 1.82) is 0 Å². The van der Waals surface area contributed by atoms with Crippen LogP contribution in [0, 0.1) is 5.92 Å². The molecule has 1 unspecified atom stereocenters. The first-order valence-electron chi connectivity index (χ1n) is 5.70. The first kappa shape index (κ1) is 14.1. The molecule has 1 amide bonds. The van der Waals surface area contributed by atoms with E-state index in [0.717, 1.165) is 4.48 Å². The van der Waals surface area contributed by atoms with Crippen molar-refractivity contribution in [3.05, 3.63) is 22.7 Å². The number of carboxylic acid groups (broad SMARTS) is 1. The lowest BCUT2D eigenvalue weighted by Crippen LogP contribution is -2.46. The fourth-order valence-electron chi connectivity index (χ4n) is 1.90. The molecule has 19 heavy (non-hydrogen) atoms. The number of nitrogens with zero attached hydrogens (tertiary/aromatic N) is 2. The third-order valence-electron chi connectivity index (χ3n) is 2.82. The highest BCUT2D eigenvalue weighted by atomic mass is 79.9. The summed E-state index contributed by atoms with van der Waals surface area (Å²) in [7, 11) is 0. The Morgan fingerprint density at radius 1 is 1.53 bits per heavy atom. The van der Waals surface area contributed by atoms with Gasteiger partial charge in [-0.15, -0.1) is 0 Å². The molecular weight excluding hydrogens is 332 g/mol. The first-order chi connectivity index (χ1) is 8.99. The number of halogens is 1. The molecule has 100 valence electrons. The van der Waals surface area contributed by atoms with Crippen molar-refractivity contribution in [3.8, 4) is 0 Å². The van der Waals surface area contributed by atoms with Gasteiger partial charge in [0.15, 0.2) is 0 Å². The average Bonchev–Trinajstić information content (AvgIpc) is 2.34. The molecule has 0 aromatic carbocycles. The number of amides is 1. The normalized spacial score (nSPS) is 21.9. The molecule has 0 spiro atoms. The van der Waals surface area contributed by atoms with Gasteiger partial charge < -0.3 is 5.11 Å². The van der Waals surface area contributed by atoms with Crippen LogP contribution in [0.15, 0.2) is 27.7 Å². The topological polar surface area (TPSA) is 70.0 Å². The van der Waals surface area contributed by atoms with E-state index in [1.54, 1.807) is 12.2 Å². The molecule has 1 aliphatic carbocycles. The van der Waals surface area contributed by atoms with Gasteiger partial charge in [0.25, 0.3) is 0 Å². The van der Waals surface area contributed by atoms with E-state index in [2.05, 4.69) is 20.9 Å². The molecule has 2 rings (SSSR count). The van der Waals surface area contributed by atoms with Gasteiger partial charge in [-0.2, -0.15) is 0 Å². The number of thiocarbonyl (C=S) groups is 1. The second-order valence-corrected chi connectivity index (χ2v) is 5.45. The molecule has 0 saturated heterocycles. The lowest BCUT2D eigenvalue weighted by atomic mass is 9.95. The summed E-state index contributed by atoms with van der Waals surface area (Å²) in [6.45, 7) is 0.284. The number of allylic oxidation sites excluding steroid dienone is 3. The van der Waals surface area contributed by atoms with Crippen molar-refractivity contribution < 1.29 is 14.7 Å². The van der Waals surface area contributed by atoms with Crippen LogP contribution in [0.25, 0.3) is 0 Å². The van der Waals surface area contributed by atoms with Gasteiger partial charge in [-0.05, 0) is 30.8 Å². The predicted octanol–water partition coefficient (Wildman–Crippen LogP) is 1.88. The predicted molar refractivity (Wildman–Crippen MR) is 78.3 cm³/mol. The Balaban J connectivity index is 2.13. The van der Waals surface area contributed by atoms with Crippen molar-refractivity contribution in [2.45, 2.75) is 12.8 Å². The highest BCUT2D eigenvalue weighted by molar-refractivity contribution is 9.11. The molecule has 1 N–H and O–H groups in total. The minimum absolute atomic E-state index is 0.00701. The molecule has 0 bridgehead atoms. The Morgan fingerprint density at radius 2 is 2.26 bits per heavy atom. The maximum atomic E-state index is 12.3. The van der Waals surface area contributed by atoms with E-state index in [1.807, 2.05) is 6.08 Å². The number of carbonyl (C=O) groups excluding carboxylic acids is 1. The fraction of sp³-hybridized carbons (Fsp3) is 0.333. The van der Waals surface area contributed by atoms with Crippen LogP contribution in [0.3, 0.4) is 0 Å². The number of aliphatic carboxylic acids is 1. The standard InChI is InChI=1S/C12H11BrN2O3S/c13-7-3-4-9-8(6-7)11(18)15(12(19)14-9)5-1-2-10(16)17/h3-4,6,8H,1-2,5H2,(H,16,17). The minimum Gasteiger partial charge on any atom is -0.481 e. The lowest BCUT2D eigenvalue weighted by Gasteiger charge is -2.30. The van der Waals surface area contributed by atoms with Gasteiger partial charge in [0, 0.05) is 17.4 Å². The van der Waals surface area contributed by atoms with E-state index < -0.39 is 11.9 Å². The average molecular weight is 343 g/mol. The number of hydrogen-bond donors (Lipinski definition) is 1. The summed E-state index contributed by atoms with van der Waals surface area (Å²) in [6.07, 6.45) is 5.71. The molecule has 0 fully saturated rings. The summed E-state index contributed by atoms with van der Waals surface area (Å²) >= 11 is 8.41. The summed E-state index contributed by atoms with van der Waals surface area (Å²) < 4.78 is 0.822. The van der Waals surface area contributed by atoms with Crippen molar-refractivity contribution in [2.75, 3.05) is 6.54 Å². The Hall–Kier alpha value is -1.34. The minimum atomic E-state index is -0.886. The van der Waals surface area contributed by atoms with Crippen LogP contribution in [-0.2, 0) is 9.59 Å². The molecule has 5 nitrogen and oxygen atoms in total. The Bertz CT molecular complexity index is 539. The molecule has 1 heterocycles. The van der Waals surface area contributed by atoms with E-state index in [9.17, 15) is 9.59 Å². The zero-order valence-electron chi connectivity index (χ0n) is 9.88. The number of fused-ring (bicyclic) bond motifs is 1. The summed E-state index contributed by atoms with van der Waals surface area (Å²) in [5, 5.41) is 8.81. The molecule has 1 atom stereocenters. The molecule has 1 aliphatic heterocycles. The van der Waals surface area contributed by atoms with Crippen molar-refractivity contribution in [3.63, 3.8) is 0 Å². The van der Waals surface area contributed by atoms with Crippen LogP contribution >= 0.6 is 28.1 Å². The number of carboxylic acids is 1. The zero-order chi connectivity index (χ0) is 14.0. The summed E-state index contributed by atoms with van der Waals surface area (Å²) in [5.74, 6) is -1.47. The Kier molecular flexibility index (Phi) is 4.26. The molecule has 7 heteroatoms. The van der Waals surface area contributed by atoms with Crippen LogP contribution in [0.2, 0.25) is 0 Å². The van der Waals surface area contributed by atoms with Gasteiger partial charge >= 0.3 is 5.97 Å². The second-order valence-electron chi connectivity index (χ2n) is 4.17. The maximum absolute atomic E-state index is 12.3. The van der Waals surface area contributed by atoms with Gasteiger partial charge in [0.1, 0.15) is 5.92 Å². The van der Waals surface area contributed by atoms with Crippen LogP contribution in [-0.4, -0.2) is 39.3 Å². The molecule has 0 aromatic rings. The molecule has 2 aliphatic rings. The van der Waals surface area contributed by atoms with E-state index in [-0.39, 0.29) is 24.0 Å². The number of hydrogen-bond acceptors (Lipinski definition) is 3. The van der Waals surface area contributed by atoms with Gasteiger partial charge in [-0.1, -0.05) is 22.0 Å². The maximum Gasteiger partial charge on any atom is 0.303 e. The van der Waals surface area contributed by atoms with Gasteiger partial charge in [0.2, 0.25) is 11.0 Å². The third-order valence-corrected chi connectivity index (χ3v) is 3.66. The zero-order valence-corrected chi connectivity index (χ0v) is 12.3. The quantitative estimate of drug-likeness (QED) is 0.792. The highest BCUT2D eigenvalue weighted by Gasteiger charge is 2.34. The van der Waals surface area contributed by atoms with E-state index in [4.69, 9.17) is 17.3 Å². The summed E-state index contributed by atoms with van der Waals surface area (Å²) in [6, 6.07) is 0. The Labute approximate surface area is 123 Å². The van der Waals surface area contributed by atoms with Crippen LogP contribution in [0.5, 0.6) is 0 Å². The van der Waals surface area contributed by atoms with Crippen LogP contribution < -0.4 is 0 Å². The van der Waals surface area contributed by atoms with Gasteiger partial charge in [-0.25, -0.2) is 4.99 Å².